The van der Waals surface area contributed by atoms with Crippen molar-refractivity contribution in [3.63, 3.8) is 0 Å². The van der Waals surface area contributed by atoms with Gasteiger partial charge in [0.05, 0.1) is 7.11 Å². The fourth-order valence-corrected chi connectivity index (χ4v) is 3.60. The molecule has 5 nitrogen and oxygen atoms in total. The van der Waals surface area contributed by atoms with Crippen LogP contribution in [0.2, 0.25) is 0 Å². The summed E-state index contributed by atoms with van der Waals surface area (Å²) >= 11 is 0. The average Bonchev–Trinajstić information content (AvgIpc) is 2.46. The molecule has 0 aliphatic heterocycles. The van der Waals surface area contributed by atoms with Crippen molar-refractivity contribution in [2.45, 2.75) is 32.1 Å². The molecule has 0 unspecified atom stereocenters. The highest BCUT2D eigenvalue weighted by atomic mass is 32.2. The van der Waals surface area contributed by atoms with Crippen molar-refractivity contribution in [2.24, 2.45) is 0 Å². The molecule has 0 aliphatic carbocycles. The smallest absolute Gasteiger partial charge is 0.246 e. The molecule has 0 heterocycles. The lowest BCUT2D eigenvalue weighted by atomic mass is 10.1. The summed E-state index contributed by atoms with van der Waals surface area (Å²) in [5.41, 5.74) is 0.388. The third-order valence-electron chi connectivity index (χ3n) is 3.13. The molecule has 1 aromatic carbocycles. The molecule has 1 rings (SSSR count). The minimum Gasteiger partial charge on any atom is -0.495 e. The number of hydrogen-bond acceptors (Lipinski definition) is 4. The van der Waals surface area contributed by atoms with E-state index >= 15 is 0 Å². The van der Waals surface area contributed by atoms with E-state index in [4.69, 9.17) is 4.74 Å². The lowest BCUT2D eigenvalue weighted by molar-refractivity contribution is 0.0988. The number of carbonyl (C=O) groups excluding carboxylic acids is 1. The Bertz CT molecular complexity index is 577. The van der Waals surface area contributed by atoms with Crippen molar-refractivity contribution in [1.82, 2.24) is 4.31 Å². The molecule has 0 saturated carbocycles. The van der Waals surface area contributed by atoms with Crippen LogP contribution >= 0.6 is 0 Å². The highest BCUT2D eigenvalue weighted by Crippen LogP contribution is 2.28. The Morgan fingerprint density at radius 2 is 1.80 bits per heavy atom. The molecule has 0 amide bonds. The minimum atomic E-state index is -3.65. The van der Waals surface area contributed by atoms with Crippen LogP contribution in [0.15, 0.2) is 23.1 Å². The molecule has 0 bridgehead atoms. The second-order valence-electron chi connectivity index (χ2n) is 4.23. The van der Waals surface area contributed by atoms with Gasteiger partial charge in [-0.3, -0.25) is 4.79 Å². The molecule has 0 radical (unpaired) electrons. The van der Waals surface area contributed by atoms with Gasteiger partial charge >= 0.3 is 0 Å². The molecule has 0 aromatic heterocycles. The second-order valence-corrected chi connectivity index (χ2v) is 6.14. The quantitative estimate of drug-likeness (QED) is 0.725. The van der Waals surface area contributed by atoms with E-state index in [9.17, 15) is 13.2 Å². The lowest BCUT2D eigenvalue weighted by Gasteiger charge is -2.20. The summed E-state index contributed by atoms with van der Waals surface area (Å²) in [5.74, 6) is 0.160. The van der Waals surface area contributed by atoms with Gasteiger partial charge in [-0.15, -0.1) is 0 Å². The van der Waals surface area contributed by atoms with Crippen LogP contribution in [-0.2, 0) is 10.0 Å². The van der Waals surface area contributed by atoms with Crippen molar-refractivity contribution < 1.29 is 17.9 Å². The zero-order chi connectivity index (χ0) is 15.3. The van der Waals surface area contributed by atoms with E-state index in [-0.39, 0.29) is 16.4 Å². The third-order valence-corrected chi connectivity index (χ3v) is 5.20. The Morgan fingerprint density at radius 1 is 1.20 bits per heavy atom. The van der Waals surface area contributed by atoms with Gasteiger partial charge in [-0.1, -0.05) is 20.8 Å². The maximum atomic E-state index is 12.6. The predicted molar refractivity (Wildman–Crippen MR) is 77.7 cm³/mol. The molecule has 0 saturated heterocycles. The first-order valence-corrected chi connectivity index (χ1v) is 8.07. The molecule has 20 heavy (non-hydrogen) atoms. The van der Waals surface area contributed by atoms with Crippen LogP contribution in [0, 0.1) is 0 Å². The zero-order valence-electron chi connectivity index (χ0n) is 12.3. The molecule has 0 fully saturated rings. The number of sulfonamides is 1. The Labute approximate surface area is 120 Å². The van der Waals surface area contributed by atoms with E-state index in [1.165, 1.54) is 23.5 Å². The predicted octanol–water partition coefficient (Wildman–Crippen LogP) is 2.32. The van der Waals surface area contributed by atoms with Gasteiger partial charge in [0.2, 0.25) is 10.0 Å². The van der Waals surface area contributed by atoms with Crippen LogP contribution in [0.5, 0.6) is 5.75 Å². The SMILES string of the molecule is CCC(=O)c1ccc(OC)c(S(=O)(=O)N(CC)CC)c1. The van der Waals surface area contributed by atoms with Crippen LogP contribution in [0.1, 0.15) is 37.6 Å². The van der Waals surface area contributed by atoms with E-state index in [1.54, 1.807) is 26.8 Å². The van der Waals surface area contributed by atoms with Crippen LogP contribution in [-0.4, -0.2) is 38.7 Å². The molecule has 0 aliphatic rings. The topological polar surface area (TPSA) is 63.7 Å². The van der Waals surface area contributed by atoms with Crippen LogP contribution < -0.4 is 4.74 Å². The molecule has 0 N–H and O–H groups in total. The van der Waals surface area contributed by atoms with Crippen LogP contribution in [0.25, 0.3) is 0 Å². The first-order chi connectivity index (χ1) is 9.42. The molecule has 0 atom stereocenters. The van der Waals surface area contributed by atoms with Gasteiger partial charge in [0.1, 0.15) is 10.6 Å². The molecule has 1 aromatic rings. The van der Waals surface area contributed by atoms with Gasteiger partial charge in [-0.25, -0.2) is 8.42 Å². The van der Waals surface area contributed by atoms with E-state index < -0.39 is 10.0 Å². The largest absolute Gasteiger partial charge is 0.495 e. The first kappa shape index (κ1) is 16.7. The summed E-state index contributed by atoms with van der Waals surface area (Å²) in [7, 11) is -2.24. The fraction of sp³-hybridized carbons (Fsp3) is 0.500. The number of ketones is 1. The highest BCUT2D eigenvalue weighted by Gasteiger charge is 2.26. The highest BCUT2D eigenvalue weighted by molar-refractivity contribution is 7.89. The van der Waals surface area contributed by atoms with Crippen molar-refractivity contribution in [1.29, 1.82) is 0 Å². The van der Waals surface area contributed by atoms with Crippen molar-refractivity contribution in [2.75, 3.05) is 20.2 Å². The number of hydrogen-bond donors (Lipinski definition) is 0. The molecular formula is C14H21NO4S. The van der Waals surface area contributed by atoms with Gasteiger partial charge in [0.15, 0.2) is 5.78 Å². The van der Waals surface area contributed by atoms with Crippen molar-refractivity contribution in [3.8, 4) is 5.75 Å². The monoisotopic (exact) mass is 299 g/mol. The molecule has 112 valence electrons. The van der Waals surface area contributed by atoms with Gasteiger partial charge in [0.25, 0.3) is 0 Å². The first-order valence-electron chi connectivity index (χ1n) is 6.63. The summed E-state index contributed by atoms with van der Waals surface area (Å²) in [6.45, 7) is 6.02. The van der Waals surface area contributed by atoms with E-state index in [0.29, 0.717) is 25.1 Å². The van der Waals surface area contributed by atoms with Gasteiger partial charge in [0, 0.05) is 25.1 Å². The fourth-order valence-electron chi connectivity index (χ4n) is 1.96. The van der Waals surface area contributed by atoms with Gasteiger partial charge in [-0.2, -0.15) is 4.31 Å². The second kappa shape index (κ2) is 6.85. The average molecular weight is 299 g/mol. The number of methoxy groups -OCH3 is 1. The summed E-state index contributed by atoms with van der Waals surface area (Å²) < 4.78 is 31.6. The number of carbonyl (C=O) groups is 1. The normalized spacial score (nSPS) is 11.7. The number of rotatable bonds is 7. The number of benzene rings is 1. The van der Waals surface area contributed by atoms with Crippen LogP contribution in [0.3, 0.4) is 0 Å². The Morgan fingerprint density at radius 3 is 2.25 bits per heavy atom. The third kappa shape index (κ3) is 3.19. The maximum absolute atomic E-state index is 12.6. The van der Waals surface area contributed by atoms with E-state index in [1.807, 2.05) is 0 Å². The van der Waals surface area contributed by atoms with Gasteiger partial charge in [-0.05, 0) is 18.2 Å². The summed E-state index contributed by atoms with van der Waals surface area (Å²) in [5, 5.41) is 0. The molecular weight excluding hydrogens is 278 g/mol. The summed E-state index contributed by atoms with van der Waals surface area (Å²) in [6, 6.07) is 4.52. The lowest BCUT2D eigenvalue weighted by Crippen LogP contribution is -2.31. The number of nitrogens with zero attached hydrogens (tertiary/aromatic N) is 1. The standard InChI is InChI=1S/C14H21NO4S/c1-5-12(16)11-8-9-13(19-4)14(10-11)20(17,18)15(6-2)7-3/h8-10H,5-7H2,1-4H3. The van der Waals surface area contributed by atoms with E-state index in [0.717, 1.165) is 0 Å². The van der Waals surface area contributed by atoms with Crippen LogP contribution in [0.4, 0.5) is 0 Å². The van der Waals surface area contributed by atoms with E-state index in [2.05, 4.69) is 0 Å². The Balaban J connectivity index is 3.44. The minimum absolute atomic E-state index is 0.0444. The summed E-state index contributed by atoms with van der Waals surface area (Å²) in [6.07, 6.45) is 0.330. The number of Topliss-reactive ketones (excluding diaryl/α,β-unsaturated/α-hetero) is 1. The zero-order valence-corrected chi connectivity index (χ0v) is 13.2. The van der Waals surface area contributed by atoms with Gasteiger partial charge < -0.3 is 4.74 Å². The number of ether oxygens (including phenoxy) is 1. The van der Waals surface area contributed by atoms with Crippen molar-refractivity contribution in [3.05, 3.63) is 23.8 Å². The van der Waals surface area contributed by atoms with Crippen molar-refractivity contribution >= 4 is 15.8 Å². The Kier molecular flexibility index (Phi) is 5.71. The summed E-state index contributed by atoms with van der Waals surface area (Å²) in [4.78, 5) is 11.8. The molecule has 6 heteroatoms. The Hall–Kier alpha value is -1.40. The molecule has 0 spiro atoms. The maximum Gasteiger partial charge on any atom is 0.246 e.